The Labute approximate surface area is 237 Å². The van der Waals surface area contributed by atoms with Crippen molar-refractivity contribution in [2.24, 2.45) is 0 Å². The zero-order valence-electron chi connectivity index (χ0n) is 23.2. The first-order chi connectivity index (χ1) is 19.9. The average Bonchev–Trinajstić information content (AvgIpc) is 3.59. The molecule has 0 radical (unpaired) electrons. The Balaban J connectivity index is 1.33. The lowest BCUT2D eigenvalue weighted by Gasteiger charge is -2.24. The minimum atomic E-state index is -0.599. The second kappa shape index (κ2) is 11.4. The van der Waals surface area contributed by atoms with Crippen LogP contribution in [0.15, 0.2) is 59.3 Å². The number of ether oxygens (including phenoxy) is 3. The lowest BCUT2D eigenvalue weighted by atomic mass is 10.0. The molecule has 1 aromatic carbocycles. The summed E-state index contributed by atoms with van der Waals surface area (Å²) < 4.78 is 22.6. The summed E-state index contributed by atoms with van der Waals surface area (Å²) >= 11 is 0. The Morgan fingerprint density at radius 3 is 2.66 bits per heavy atom. The predicted molar refractivity (Wildman–Crippen MR) is 152 cm³/mol. The summed E-state index contributed by atoms with van der Waals surface area (Å²) in [7, 11) is 1.62. The van der Waals surface area contributed by atoms with Crippen molar-refractivity contribution in [3.63, 3.8) is 0 Å². The summed E-state index contributed by atoms with van der Waals surface area (Å²) in [6.45, 7) is 6.40. The third-order valence-electron chi connectivity index (χ3n) is 7.18. The fraction of sp³-hybridized carbons (Fsp3) is 0.379. The van der Waals surface area contributed by atoms with Crippen molar-refractivity contribution >= 4 is 23.3 Å². The zero-order valence-corrected chi connectivity index (χ0v) is 23.2. The normalized spacial score (nSPS) is 18.6. The van der Waals surface area contributed by atoms with Gasteiger partial charge in [-0.1, -0.05) is 30.3 Å². The number of nitrogens with zero attached hydrogens (tertiary/aromatic N) is 5. The minimum Gasteiger partial charge on any atom is -0.394 e. The topological polar surface area (TPSA) is 140 Å². The molecule has 0 spiro atoms. The summed E-state index contributed by atoms with van der Waals surface area (Å²) in [5, 5.41) is 21.2. The SMILES string of the molecule is COC1OC(C)(C)c2nc(Nc3cc(N[C@H](CO)c4ccccc4)c(-c4nc(N5CCOCC5)no4)cn3)ccc21. The van der Waals surface area contributed by atoms with Crippen LogP contribution in [-0.4, -0.2) is 65.2 Å². The number of nitrogens with one attached hydrogen (secondary N) is 2. The van der Waals surface area contributed by atoms with Gasteiger partial charge in [0.2, 0.25) is 0 Å². The number of aliphatic hydroxyl groups is 1. The quantitative estimate of drug-likeness (QED) is 0.271. The molecule has 0 bridgehead atoms. The second-order valence-electron chi connectivity index (χ2n) is 10.4. The number of hydrogen-bond acceptors (Lipinski definition) is 12. The van der Waals surface area contributed by atoms with Crippen LogP contribution in [0.4, 0.5) is 23.3 Å². The van der Waals surface area contributed by atoms with Crippen molar-refractivity contribution < 1.29 is 23.8 Å². The van der Waals surface area contributed by atoms with Gasteiger partial charge < -0.3 is 39.4 Å². The summed E-state index contributed by atoms with van der Waals surface area (Å²) in [5.41, 5.74) is 3.30. The highest BCUT2D eigenvalue weighted by Crippen LogP contribution is 2.43. The number of methoxy groups -OCH3 is 1. The summed E-state index contributed by atoms with van der Waals surface area (Å²) in [6.07, 6.45) is 1.21. The van der Waals surface area contributed by atoms with E-state index in [1.807, 2.05) is 67.3 Å². The van der Waals surface area contributed by atoms with E-state index in [1.54, 1.807) is 13.3 Å². The molecular formula is C29H33N7O5. The number of hydrogen-bond donors (Lipinski definition) is 3. The number of morpholine rings is 1. The molecule has 12 heteroatoms. The number of benzene rings is 1. The fourth-order valence-electron chi connectivity index (χ4n) is 5.04. The minimum absolute atomic E-state index is 0.125. The van der Waals surface area contributed by atoms with E-state index in [-0.39, 0.29) is 12.6 Å². The molecule has 1 fully saturated rings. The van der Waals surface area contributed by atoms with E-state index in [9.17, 15) is 5.11 Å². The van der Waals surface area contributed by atoms with Gasteiger partial charge in [-0.3, -0.25) is 0 Å². The van der Waals surface area contributed by atoms with Crippen LogP contribution in [0.5, 0.6) is 0 Å². The van der Waals surface area contributed by atoms with Crippen molar-refractivity contribution in [2.45, 2.75) is 31.8 Å². The van der Waals surface area contributed by atoms with Gasteiger partial charge in [0.1, 0.15) is 17.2 Å². The van der Waals surface area contributed by atoms with Crippen molar-refractivity contribution in [2.75, 3.05) is 55.6 Å². The van der Waals surface area contributed by atoms with Crippen LogP contribution in [-0.2, 0) is 19.8 Å². The molecule has 2 aliphatic rings. The molecule has 1 saturated heterocycles. The van der Waals surface area contributed by atoms with Gasteiger partial charge in [-0.15, -0.1) is 0 Å². The highest BCUT2D eigenvalue weighted by atomic mass is 16.7. The molecular weight excluding hydrogens is 526 g/mol. The Morgan fingerprint density at radius 1 is 1.10 bits per heavy atom. The summed E-state index contributed by atoms with van der Waals surface area (Å²) in [5.74, 6) is 1.97. The number of pyridine rings is 2. The van der Waals surface area contributed by atoms with E-state index in [1.165, 1.54) is 0 Å². The van der Waals surface area contributed by atoms with E-state index in [0.29, 0.717) is 61.0 Å². The fourth-order valence-corrected chi connectivity index (χ4v) is 5.04. The van der Waals surface area contributed by atoms with E-state index in [2.05, 4.69) is 25.8 Å². The van der Waals surface area contributed by atoms with Gasteiger partial charge in [0.15, 0.2) is 6.29 Å². The zero-order chi connectivity index (χ0) is 28.4. The van der Waals surface area contributed by atoms with Crippen LogP contribution >= 0.6 is 0 Å². The molecule has 0 saturated carbocycles. The molecule has 214 valence electrons. The van der Waals surface area contributed by atoms with Crippen LogP contribution in [0.3, 0.4) is 0 Å². The first-order valence-corrected chi connectivity index (χ1v) is 13.5. The number of anilines is 4. The first kappa shape index (κ1) is 27.1. The van der Waals surface area contributed by atoms with Gasteiger partial charge in [0, 0.05) is 38.0 Å². The predicted octanol–water partition coefficient (Wildman–Crippen LogP) is 4.16. The summed E-state index contributed by atoms with van der Waals surface area (Å²) in [6, 6.07) is 15.0. The first-order valence-electron chi connectivity index (χ1n) is 13.5. The van der Waals surface area contributed by atoms with Gasteiger partial charge >= 0.3 is 0 Å². The third-order valence-corrected chi connectivity index (χ3v) is 7.18. The van der Waals surface area contributed by atoms with Gasteiger partial charge in [-0.25, -0.2) is 9.97 Å². The van der Waals surface area contributed by atoms with Crippen molar-refractivity contribution in [3.8, 4) is 11.5 Å². The summed E-state index contributed by atoms with van der Waals surface area (Å²) in [4.78, 5) is 16.1. The molecule has 6 rings (SSSR count). The smallest absolute Gasteiger partial charge is 0.266 e. The maximum atomic E-state index is 10.3. The van der Waals surface area contributed by atoms with Crippen molar-refractivity contribution in [3.05, 3.63) is 71.5 Å². The number of aromatic nitrogens is 4. The second-order valence-corrected chi connectivity index (χ2v) is 10.4. The molecule has 4 aromatic rings. The average molecular weight is 560 g/mol. The van der Waals surface area contributed by atoms with Crippen LogP contribution in [0.1, 0.15) is 43.0 Å². The highest BCUT2D eigenvalue weighted by molar-refractivity contribution is 5.76. The third kappa shape index (κ3) is 5.59. The van der Waals surface area contributed by atoms with Crippen LogP contribution in [0.25, 0.3) is 11.5 Å². The Bertz CT molecular complexity index is 1490. The molecule has 41 heavy (non-hydrogen) atoms. The molecule has 0 amide bonds. The molecule has 2 aliphatic heterocycles. The number of fused-ring (bicyclic) bond motifs is 1. The molecule has 3 aromatic heterocycles. The maximum Gasteiger partial charge on any atom is 0.266 e. The van der Waals surface area contributed by atoms with Gasteiger partial charge in [-0.05, 0) is 36.7 Å². The molecule has 5 heterocycles. The van der Waals surface area contributed by atoms with Crippen LogP contribution < -0.4 is 15.5 Å². The largest absolute Gasteiger partial charge is 0.394 e. The van der Waals surface area contributed by atoms with Gasteiger partial charge in [-0.2, -0.15) is 4.98 Å². The Hall–Kier alpha value is -4.10. The maximum absolute atomic E-state index is 10.3. The Morgan fingerprint density at radius 2 is 1.90 bits per heavy atom. The highest BCUT2D eigenvalue weighted by Gasteiger charge is 2.39. The monoisotopic (exact) mass is 559 g/mol. The molecule has 0 aliphatic carbocycles. The lowest BCUT2D eigenvalue weighted by molar-refractivity contribution is -0.175. The van der Waals surface area contributed by atoms with Crippen LogP contribution in [0.2, 0.25) is 0 Å². The van der Waals surface area contributed by atoms with Crippen molar-refractivity contribution in [1.29, 1.82) is 0 Å². The standard InChI is InChI=1S/C29H33N7O5/c1-29(2)25-19(27(38-3)40-29)9-10-23(33-25)32-24-15-21(31-22(17-37)18-7-5-4-6-8-18)20(16-30-24)26-34-28(35-41-26)36-11-13-39-14-12-36/h4-10,15-16,22,27,37H,11-14,17H2,1-3H3,(H2,30,31,32,33)/t22-,27?/m1/s1. The van der Waals surface area contributed by atoms with Gasteiger partial charge in [0.05, 0.1) is 42.8 Å². The molecule has 12 nitrogen and oxygen atoms in total. The molecule has 3 N–H and O–H groups in total. The van der Waals surface area contributed by atoms with E-state index >= 15 is 0 Å². The number of rotatable bonds is 9. The molecule has 1 unspecified atom stereocenters. The molecule has 2 atom stereocenters. The number of aliphatic hydroxyl groups excluding tert-OH is 1. The van der Waals surface area contributed by atoms with E-state index in [4.69, 9.17) is 23.7 Å². The van der Waals surface area contributed by atoms with Crippen LogP contribution in [0, 0.1) is 0 Å². The van der Waals surface area contributed by atoms with E-state index < -0.39 is 11.9 Å². The van der Waals surface area contributed by atoms with Gasteiger partial charge in [0.25, 0.3) is 11.8 Å². The van der Waals surface area contributed by atoms with Crippen molar-refractivity contribution in [1.82, 2.24) is 20.1 Å². The lowest BCUT2D eigenvalue weighted by Crippen LogP contribution is -2.36. The Kier molecular flexibility index (Phi) is 7.54. The van der Waals surface area contributed by atoms with E-state index in [0.717, 1.165) is 16.8 Å².